The van der Waals surface area contributed by atoms with Crippen molar-refractivity contribution in [3.8, 4) is 0 Å². The fraction of sp³-hybridized carbons (Fsp3) is 0.909. The molecule has 3 atom stereocenters. The van der Waals surface area contributed by atoms with E-state index in [0.717, 1.165) is 0 Å². The Labute approximate surface area is 96.9 Å². The lowest BCUT2D eigenvalue weighted by atomic mass is 9.96. The molecule has 0 spiro atoms. The molecule has 0 fully saturated rings. The maximum absolute atomic E-state index is 10.8. The van der Waals surface area contributed by atoms with Crippen molar-refractivity contribution in [3.63, 3.8) is 0 Å². The molecule has 0 aliphatic heterocycles. The smallest absolute Gasteiger partial charge is 0.323 e. The SMILES string of the molecule is CCOCC(C)OC(C)CC(C)(N)C(=O)O. The van der Waals surface area contributed by atoms with E-state index < -0.39 is 11.5 Å². The largest absolute Gasteiger partial charge is 0.480 e. The van der Waals surface area contributed by atoms with Crippen LogP contribution in [0.25, 0.3) is 0 Å². The Morgan fingerprint density at radius 1 is 1.44 bits per heavy atom. The van der Waals surface area contributed by atoms with E-state index in [1.165, 1.54) is 6.92 Å². The highest BCUT2D eigenvalue weighted by atomic mass is 16.5. The van der Waals surface area contributed by atoms with Gasteiger partial charge in [-0.05, 0) is 27.7 Å². The molecule has 0 bridgehead atoms. The molecule has 16 heavy (non-hydrogen) atoms. The molecule has 5 heteroatoms. The van der Waals surface area contributed by atoms with Crippen LogP contribution in [-0.4, -0.2) is 42.0 Å². The zero-order valence-electron chi connectivity index (χ0n) is 10.5. The molecule has 3 N–H and O–H groups in total. The standard InChI is InChI=1S/C11H23NO4/c1-5-15-7-9(3)16-8(2)6-11(4,12)10(13)14/h8-9H,5-7,12H2,1-4H3,(H,13,14). The zero-order chi connectivity index (χ0) is 12.8. The Balaban J connectivity index is 3.98. The number of carboxylic acid groups (broad SMARTS) is 1. The van der Waals surface area contributed by atoms with Crippen molar-refractivity contribution >= 4 is 5.97 Å². The van der Waals surface area contributed by atoms with Gasteiger partial charge in [-0.1, -0.05) is 0 Å². The number of rotatable bonds is 8. The zero-order valence-corrected chi connectivity index (χ0v) is 10.5. The Kier molecular flexibility index (Phi) is 6.55. The normalized spacial score (nSPS) is 18.8. The van der Waals surface area contributed by atoms with Gasteiger partial charge in [0.05, 0.1) is 18.8 Å². The Morgan fingerprint density at radius 3 is 2.44 bits per heavy atom. The van der Waals surface area contributed by atoms with Crippen LogP contribution < -0.4 is 5.73 Å². The van der Waals surface area contributed by atoms with Crippen LogP contribution in [0.15, 0.2) is 0 Å². The van der Waals surface area contributed by atoms with Gasteiger partial charge < -0.3 is 20.3 Å². The molecule has 5 nitrogen and oxygen atoms in total. The second-order valence-electron chi connectivity index (χ2n) is 4.34. The summed E-state index contributed by atoms with van der Waals surface area (Å²) >= 11 is 0. The third kappa shape index (κ3) is 6.05. The molecule has 0 aliphatic carbocycles. The molecular weight excluding hydrogens is 210 g/mol. The summed E-state index contributed by atoms with van der Waals surface area (Å²) in [4.78, 5) is 10.8. The van der Waals surface area contributed by atoms with Crippen LogP contribution in [0.1, 0.15) is 34.1 Å². The molecule has 0 aromatic heterocycles. The summed E-state index contributed by atoms with van der Waals surface area (Å²) in [6, 6.07) is 0. The van der Waals surface area contributed by atoms with E-state index in [-0.39, 0.29) is 18.6 Å². The molecule has 0 aromatic rings. The number of hydrogen-bond donors (Lipinski definition) is 2. The summed E-state index contributed by atoms with van der Waals surface area (Å²) in [6.45, 7) is 8.26. The van der Waals surface area contributed by atoms with Crippen molar-refractivity contribution < 1.29 is 19.4 Å². The van der Waals surface area contributed by atoms with Gasteiger partial charge in [-0.2, -0.15) is 0 Å². The predicted molar refractivity (Wildman–Crippen MR) is 61.3 cm³/mol. The van der Waals surface area contributed by atoms with Crippen LogP contribution >= 0.6 is 0 Å². The van der Waals surface area contributed by atoms with Gasteiger partial charge in [-0.3, -0.25) is 4.79 Å². The molecule has 0 rings (SSSR count). The van der Waals surface area contributed by atoms with Crippen molar-refractivity contribution in [2.75, 3.05) is 13.2 Å². The molecule has 0 heterocycles. The number of carboxylic acids is 1. The van der Waals surface area contributed by atoms with E-state index >= 15 is 0 Å². The molecule has 96 valence electrons. The van der Waals surface area contributed by atoms with Gasteiger partial charge in [0.1, 0.15) is 5.54 Å². The number of aliphatic carboxylic acids is 1. The molecular formula is C11H23NO4. The lowest BCUT2D eigenvalue weighted by molar-refractivity contribution is -0.144. The molecule has 0 saturated carbocycles. The van der Waals surface area contributed by atoms with E-state index in [2.05, 4.69) is 0 Å². The quantitative estimate of drug-likeness (QED) is 0.654. The van der Waals surface area contributed by atoms with E-state index in [9.17, 15) is 4.79 Å². The van der Waals surface area contributed by atoms with Crippen molar-refractivity contribution in [1.82, 2.24) is 0 Å². The van der Waals surface area contributed by atoms with Crippen molar-refractivity contribution in [3.05, 3.63) is 0 Å². The van der Waals surface area contributed by atoms with Gasteiger partial charge in [0, 0.05) is 13.0 Å². The number of hydrogen-bond acceptors (Lipinski definition) is 4. The average molecular weight is 233 g/mol. The van der Waals surface area contributed by atoms with Gasteiger partial charge in [0.15, 0.2) is 0 Å². The summed E-state index contributed by atoms with van der Waals surface area (Å²) in [6.07, 6.45) is 0.0137. The molecule has 0 aromatic carbocycles. The number of ether oxygens (including phenoxy) is 2. The van der Waals surface area contributed by atoms with E-state index in [4.69, 9.17) is 20.3 Å². The fourth-order valence-corrected chi connectivity index (χ4v) is 1.45. The van der Waals surface area contributed by atoms with Crippen LogP contribution in [0, 0.1) is 0 Å². The van der Waals surface area contributed by atoms with Crippen LogP contribution in [0.2, 0.25) is 0 Å². The van der Waals surface area contributed by atoms with Crippen LogP contribution in [-0.2, 0) is 14.3 Å². The second kappa shape index (κ2) is 6.83. The van der Waals surface area contributed by atoms with E-state index in [1.54, 1.807) is 0 Å². The summed E-state index contributed by atoms with van der Waals surface area (Å²) in [5.74, 6) is -1.01. The Hall–Kier alpha value is -0.650. The summed E-state index contributed by atoms with van der Waals surface area (Å²) in [5.41, 5.74) is 4.38. The first-order valence-electron chi connectivity index (χ1n) is 5.55. The highest BCUT2D eigenvalue weighted by Crippen LogP contribution is 2.13. The predicted octanol–water partition coefficient (Wildman–Crippen LogP) is 1.01. The number of carbonyl (C=O) groups is 1. The maximum atomic E-state index is 10.8. The minimum atomic E-state index is -1.25. The first-order valence-corrected chi connectivity index (χ1v) is 5.55. The highest BCUT2D eigenvalue weighted by Gasteiger charge is 2.30. The highest BCUT2D eigenvalue weighted by molar-refractivity contribution is 5.77. The van der Waals surface area contributed by atoms with Gasteiger partial charge in [0.25, 0.3) is 0 Å². The summed E-state index contributed by atoms with van der Waals surface area (Å²) in [5, 5.41) is 8.86. The van der Waals surface area contributed by atoms with Crippen LogP contribution in [0.5, 0.6) is 0 Å². The van der Waals surface area contributed by atoms with Gasteiger partial charge >= 0.3 is 5.97 Å². The lowest BCUT2D eigenvalue weighted by Gasteiger charge is -2.25. The second-order valence-corrected chi connectivity index (χ2v) is 4.34. The first kappa shape index (κ1) is 15.3. The minimum Gasteiger partial charge on any atom is -0.480 e. The Bertz CT molecular complexity index is 218. The fourth-order valence-electron chi connectivity index (χ4n) is 1.45. The topological polar surface area (TPSA) is 81.8 Å². The average Bonchev–Trinajstić information content (AvgIpc) is 2.13. The third-order valence-corrected chi connectivity index (χ3v) is 2.22. The lowest BCUT2D eigenvalue weighted by Crippen LogP contribution is -2.47. The van der Waals surface area contributed by atoms with Crippen molar-refractivity contribution in [2.45, 2.75) is 51.9 Å². The first-order chi connectivity index (χ1) is 7.29. The number of nitrogens with two attached hydrogens (primary N) is 1. The summed E-state index contributed by atoms with van der Waals surface area (Å²) < 4.78 is 10.8. The van der Waals surface area contributed by atoms with Crippen molar-refractivity contribution in [2.24, 2.45) is 5.73 Å². The van der Waals surface area contributed by atoms with E-state index in [0.29, 0.717) is 13.2 Å². The van der Waals surface area contributed by atoms with Crippen LogP contribution in [0.4, 0.5) is 0 Å². The van der Waals surface area contributed by atoms with Gasteiger partial charge in [-0.15, -0.1) is 0 Å². The molecule has 0 aliphatic rings. The minimum absolute atomic E-state index is 0.0560. The third-order valence-electron chi connectivity index (χ3n) is 2.22. The van der Waals surface area contributed by atoms with Crippen LogP contribution in [0.3, 0.4) is 0 Å². The molecule has 0 radical (unpaired) electrons. The van der Waals surface area contributed by atoms with Gasteiger partial charge in [0.2, 0.25) is 0 Å². The van der Waals surface area contributed by atoms with Gasteiger partial charge in [-0.25, -0.2) is 0 Å². The summed E-state index contributed by atoms with van der Waals surface area (Å²) in [7, 11) is 0. The molecule has 3 unspecified atom stereocenters. The molecule has 0 amide bonds. The monoisotopic (exact) mass is 233 g/mol. The van der Waals surface area contributed by atoms with Crippen molar-refractivity contribution in [1.29, 1.82) is 0 Å². The Morgan fingerprint density at radius 2 is 2.00 bits per heavy atom. The maximum Gasteiger partial charge on any atom is 0.323 e. The molecule has 0 saturated heterocycles. The van der Waals surface area contributed by atoms with E-state index in [1.807, 2.05) is 20.8 Å².